The van der Waals surface area contributed by atoms with E-state index in [1.165, 1.54) is 0 Å². The lowest BCUT2D eigenvalue weighted by Crippen LogP contribution is -2.52. The van der Waals surface area contributed by atoms with Crippen LogP contribution in [0.4, 0.5) is 0 Å². The molecule has 0 aromatic carbocycles. The summed E-state index contributed by atoms with van der Waals surface area (Å²) in [6, 6.07) is 0. The van der Waals surface area contributed by atoms with E-state index in [2.05, 4.69) is 60.6 Å². The molecule has 0 saturated carbocycles. The van der Waals surface area contributed by atoms with Crippen molar-refractivity contribution in [2.75, 3.05) is 0 Å². The summed E-state index contributed by atoms with van der Waals surface area (Å²) >= 11 is 0. The molecule has 102 valence electrons. The van der Waals surface area contributed by atoms with Gasteiger partial charge < -0.3 is 14.5 Å². The van der Waals surface area contributed by atoms with E-state index in [-0.39, 0.29) is 35.9 Å². The molecule has 5 heteroatoms. The average Bonchev–Trinajstić information content (AvgIpc) is 2.45. The molecule has 0 amide bonds. The fourth-order valence-electron chi connectivity index (χ4n) is 2.73. The Morgan fingerprint density at radius 1 is 0.833 bits per heavy atom. The van der Waals surface area contributed by atoms with Gasteiger partial charge >= 0.3 is 7.01 Å². The van der Waals surface area contributed by atoms with Gasteiger partial charge in [-0.25, -0.2) is 0 Å². The molecule has 2 aliphatic rings. The standard InChI is InChI=1S/C13H27B2NO2/c1-10(2)9-14(16-11(10,3)4)15-17-12(5,6)13(7,8)18-15/h16H,9H2,1-8H3. The van der Waals surface area contributed by atoms with Crippen molar-refractivity contribution in [3.05, 3.63) is 0 Å². The van der Waals surface area contributed by atoms with Crippen LogP contribution in [0.3, 0.4) is 0 Å². The topological polar surface area (TPSA) is 30.5 Å². The highest BCUT2D eigenvalue weighted by Gasteiger charge is 2.60. The maximum absolute atomic E-state index is 6.15. The first-order valence-electron chi connectivity index (χ1n) is 7.01. The summed E-state index contributed by atoms with van der Waals surface area (Å²) in [6.07, 6.45) is 1.08. The van der Waals surface area contributed by atoms with Crippen LogP contribution in [0.15, 0.2) is 0 Å². The number of nitrogens with one attached hydrogen (secondary N) is 1. The van der Waals surface area contributed by atoms with Crippen LogP contribution in [0, 0.1) is 5.41 Å². The van der Waals surface area contributed by atoms with Gasteiger partial charge in [0.2, 0.25) is 0 Å². The van der Waals surface area contributed by atoms with E-state index in [1.807, 2.05) is 0 Å². The molecule has 0 atom stereocenters. The minimum absolute atomic E-state index is 0.112. The van der Waals surface area contributed by atoms with Crippen molar-refractivity contribution in [1.29, 1.82) is 0 Å². The van der Waals surface area contributed by atoms with E-state index >= 15 is 0 Å². The van der Waals surface area contributed by atoms with Crippen molar-refractivity contribution >= 4 is 13.7 Å². The van der Waals surface area contributed by atoms with Crippen molar-refractivity contribution in [3.8, 4) is 0 Å². The quantitative estimate of drug-likeness (QED) is 0.726. The van der Waals surface area contributed by atoms with Crippen LogP contribution >= 0.6 is 0 Å². The van der Waals surface area contributed by atoms with Crippen molar-refractivity contribution in [1.82, 2.24) is 5.23 Å². The predicted molar refractivity (Wildman–Crippen MR) is 77.6 cm³/mol. The van der Waals surface area contributed by atoms with Crippen LogP contribution < -0.4 is 5.23 Å². The van der Waals surface area contributed by atoms with Gasteiger partial charge in [0.05, 0.1) is 11.2 Å². The minimum atomic E-state index is -0.240. The number of hydrogen-bond donors (Lipinski definition) is 1. The molecular formula is C13H27B2NO2. The maximum atomic E-state index is 6.15. The Labute approximate surface area is 113 Å². The second-order valence-corrected chi connectivity index (χ2v) is 8.09. The van der Waals surface area contributed by atoms with Gasteiger partial charge in [0.15, 0.2) is 0 Å². The highest BCUT2D eigenvalue weighted by molar-refractivity contribution is 7.16. The lowest BCUT2D eigenvalue weighted by atomic mass is 9.31. The normalized spacial score (nSPS) is 32.0. The van der Waals surface area contributed by atoms with Gasteiger partial charge in [0.25, 0.3) is 6.74 Å². The lowest BCUT2D eigenvalue weighted by molar-refractivity contribution is 0.00578. The Kier molecular flexibility index (Phi) is 3.02. The molecule has 0 aromatic rings. The molecule has 18 heavy (non-hydrogen) atoms. The largest absolute Gasteiger partial charge is 0.428 e. The van der Waals surface area contributed by atoms with Gasteiger partial charge in [0.1, 0.15) is 0 Å². The molecule has 2 fully saturated rings. The van der Waals surface area contributed by atoms with Crippen LogP contribution in [0.5, 0.6) is 0 Å². The summed E-state index contributed by atoms with van der Waals surface area (Å²) < 4.78 is 12.3. The number of rotatable bonds is 1. The third-order valence-electron chi connectivity index (χ3n) is 5.57. The zero-order valence-corrected chi connectivity index (χ0v) is 13.2. The Bertz CT molecular complexity index is 287. The van der Waals surface area contributed by atoms with Gasteiger partial charge in [0, 0.05) is 5.54 Å². The van der Waals surface area contributed by atoms with Crippen LogP contribution in [0.1, 0.15) is 55.4 Å². The summed E-state index contributed by atoms with van der Waals surface area (Å²) in [5, 5.41) is 3.69. The SMILES string of the molecule is CC1(C)CB(B2OC(C)(C)C(C)(C)O2)NC1(C)C. The van der Waals surface area contributed by atoms with E-state index in [9.17, 15) is 0 Å². The maximum Gasteiger partial charge on any atom is 0.428 e. The van der Waals surface area contributed by atoms with Crippen LogP contribution in [0.2, 0.25) is 6.32 Å². The Balaban J connectivity index is 2.14. The van der Waals surface area contributed by atoms with Crippen molar-refractivity contribution < 1.29 is 9.31 Å². The fourth-order valence-corrected chi connectivity index (χ4v) is 2.73. The molecule has 0 unspecified atom stereocenters. The minimum Gasteiger partial charge on any atom is -0.408 e. The first-order chi connectivity index (χ1) is 7.88. The Morgan fingerprint density at radius 2 is 1.28 bits per heavy atom. The smallest absolute Gasteiger partial charge is 0.408 e. The van der Waals surface area contributed by atoms with Gasteiger partial charge in [-0.15, -0.1) is 0 Å². The van der Waals surface area contributed by atoms with Gasteiger partial charge in [-0.1, -0.05) is 20.2 Å². The first-order valence-corrected chi connectivity index (χ1v) is 7.01. The summed E-state index contributed by atoms with van der Waals surface area (Å²) in [5.41, 5.74) is -0.116. The summed E-state index contributed by atoms with van der Waals surface area (Å²) in [4.78, 5) is 0. The average molecular weight is 251 g/mol. The monoisotopic (exact) mass is 251 g/mol. The van der Waals surface area contributed by atoms with Crippen LogP contribution in [-0.4, -0.2) is 30.5 Å². The van der Waals surface area contributed by atoms with Crippen LogP contribution in [0.25, 0.3) is 0 Å². The molecule has 0 aromatic heterocycles. The van der Waals surface area contributed by atoms with E-state index < -0.39 is 0 Å². The summed E-state index contributed by atoms with van der Waals surface area (Å²) in [7, 11) is -0.143. The van der Waals surface area contributed by atoms with E-state index in [4.69, 9.17) is 9.31 Å². The second-order valence-electron chi connectivity index (χ2n) is 8.09. The third-order valence-corrected chi connectivity index (χ3v) is 5.57. The fraction of sp³-hybridized carbons (Fsp3) is 1.00. The Morgan fingerprint density at radius 3 is 1.61 bits per heavy atom. The van der Waals surface area contributed by atoms with Crippen molar-refractivity contribution in [2.45, 2.75) is 78.5 Å². The zero-order valence-electron chi connectivity index (χ0n) is 13.2. The molecule has 3 nitrogen and oxygen atoms in total. The molecular weight excluding hydrogens is 224 g/mol. The third kappa shape index (κ3) is 2.04. The number of hydrogen-bond acceptors (Lipinski definition) is 3. The molecule has 1 N–H and O–H groups in total. The second kappa shape index (κ2) is 3.77. The molecule has 0 spiro atoms. The Hall–Kier alpha value is 0.00987. The molecule has 0 aliphatic carbocycles. The van der Waals surface area contributed by atoms with Gasteiger partial charge in [-0.05, 0) is 47.0 Å². The van der Waals surface area contributed by atoms with E-state index in [0.717, 1.165) is 6.32 Å². The highest BCUT2D eigenvalue weighted by Crippen LogP contribution is 2.44. The first kappa shape index (κ1) is 14.4. The molecule has 2 aliphatic heterocycles. The van der Waals surface area contributed by atoms with E-state index in [0.29, 0.717) is 0 Å². The lowest BCUT2D eigenvalue weighted by Gasteiger charge is -2.35. The summed E-state index contributed by atoms with van der Waals surface area (Å²) in [6.45, 7) is 17.9. The van der Waals surface area contributed by atoms with Gasteiger partial charge in [-0.2, -0.15) is 0 Å². The highest BCUT2D eigenvalue weighted by atomic mass is 16.7. The summed E-state index contributed by atoms with van der Waals surface area (Å²) in [5.74, 6) is 0. The predicted octanol–water partition coefficient (Wildman–Crippen LogP) is 2.56. The molecule has 0 bridgehead atoms. The van der Waals surface area contributed by atoms with Crippen LogP contribution in [-0.2, 0) is 9.31 Å². The van der Waals surface area contributed by atoms with Crippen molar-refractivity contribution in [2.24, 2.45) is 5.41 Å². The molecule has 2 heterocycles. The van der Waals surface area contributed by atoms with E-state index in [1.54, 1.807) is 0 Å². The molecule has 2 saturated heterocycles. The molecule has 2 rings (SSSR count). The molecule has 0 radical (unpaired) electrons. The van der Waals surface area contributed by atoms with Gasteiger partial charge in [-0.3, -0.25) is 0 Å². The zero-order chi connectivity index (χ0) is 14.0. The van der Waals surface area contributed by atoms with Crippen molar-refractivity contribution in [3.63, 3.8) is 0 Å².